The molecule has 3 nitrogen and oxygen atoms in total. The van der Waals surface area contributed by atoms with E-state index in [-0.39, 0.29) is 13.2 Å². The lowest BCUT2D eigenvalue weighted by Gasteiger charge is -2.09. The van der Waals surface area contributed by atoms with E-state index in [4.69, 9.17) is 14.9 Å². The van der Waals surface area contributed by atoms with E-state index in [0.717, 1.165) is 5.56 Å². The molecule has 1 unspecified atom stereocenters. The summed E-state index contributed by atoms with van der Waals surface area (Å²) >= 11 is 0. The summed E-state index contributed by atoms with van der Waals surface area (Å²) < 4.78 is 5.20. The first kappa shape index (κ1) is 10.0. The van der Waals surface area contributed by atoms with Crippen LogP contribution in [0.25, 0.3) is 0 Å². The van der Waals surface area contributed by atoms with Gasteiger partial charge in [-0.25, -0.2) is 0 Å². The molecule has 0 fully saturated rings. The number of ether oxygens (including phenoxy) is 1. The fraction of sp³-hybridized carbons (Fsp3) is 0.400. The van der Waals surface area contributed by atoms with Crippen LogP contribution < -0.4 is 4.74 Å². The van der Waals surface area contributed by atoms with Gasteiger partial charge in [0.2, 0.25) is 0 Å². The van der Waals surface area contributed by atoms with E-state index in [2.05, 4.69) is 0 Å². The van der Waals surface area contributed by atoms with Crippen molar-refractivity contribution in [3.8, 4) is 5.75 Å². The standard InChI is InChI=1S/C10H14O3/c1-8-2-4-10(5-3-8)13-7-9(12)6-11/h2-5,9,11-12H,6-7H2,1H3. The van der Waals surface area contributed by atoms with Crippen LogP contribution in [-0.4, -0.2) is 29.5 Å². The normalized spacial score (nSPS) is 12.5. The van der Waals surface area contributed by atoms with Crippen LogP contribution in [0.5, 0.6) is 5.75 Å². The van der Waals surface area contributed by atoms with Crippen molar-refractivity contribution in [1.29, 1.82) is 0 Å². The minimum absolute atomic E-state index is 0.125. The van der Waals surface area contributed by atoms with Crippen LogP contribution in [-0.2, 0) is 0 Å². The molecule has 0 radical (unpaired) electrons. The van der Waals surface area contributed by atoms with E-state index in [1.165, 1.54) is 0 Å². The van der Waals surface area contributed by atoms with Crippen molar-refractivity contribution in [3.63, 3.8) is 0 Å². The molecule has 0 saturated carbocycles. The summed E-state index contributed by atoms with van der Waals surface area (Å²) in [6.45, 7) is 1.85. The van der Waals surface area contributed by atoms with Gasteiger partial charge in [0, 0.05) is 0 Å². The van der Waals surface area contributed by atoms with E-state index in [1.807, 2.05) is 31.2 Å². The van der Waals surface area contributed by atoms with Crippen molar-refractivity contribution in [2.24, 2.45) is 0 Å². The summed E-state index contributed by atoms with van der Waals surface area (Å²) in [6.07, 6.45) is -0.804. The Morgan fingerprint density at radius 1 is 1.31 bits per heavy atom. The van der Waals surface area contributed by atoms with Crippen LogP contribution in [0.3, 0.4) is 0 Å². The molecule has 0 saturated heterocycles. The van der Waals surface area contributed by atoms with Gasteiger partial charge in [-0.1, -0.05) is 17.7 Å². The highest BCUT2D eigenvalue weighted by molar-refractivity contribution is 5.26. The van der Waals surface area contributed by atoms with Crippen LogP contribution >= 0.6 is 0 Å². The third kappa shape index (κ3) is 3.44. The van der Waals surface area contributed by atoms with Gasteiger partial charge < -0.3 is 14.9 Å². The minimum Gasteiger partial charge on any atom is -0.491 e. The average Bonchev–Trinajstić information content (AvgIpc) is 2.16. The summed E-state index contributed by atoms with van der Waals surface area (Å²) in [5.41, 5.74) is 1.16. The van der Waals surface area contributed by atoms with Crippen molar-refractivity contribution in [3.05, 3.63) is 29.8 Å². The number of aliphatic hydroxyl groups excluding tert-OH is 2. The van der Waals surface area contributed by atoms with Crippen LogP contribution in [0, 0.1) is 6.92 Å². The molecule has 72 valence electrons. The van der Waals surface area contributed by atoms with E-state index in [9.17, 15) is 0 Å². The Labute approximate surface area is 77.6 Å². The maximum atomic E-state index is 9.00. The average molecular weight is 182 g/mol. The Bertz CT molecular complexity index is 243. The number of hydrogen-bond donors (Lipinski definition) is 2. The first-order valence-corrected chi connectivity index (χ1v) is 4.21. The van der Waals surface area contributed by atoms with E-state index < -0.39 is 6.10 Å². The molecule has 0 aliphatic carbocycles. The molecule has 0 aliphatic heterocycles. The zero-order valence-corrected chi connectivity index (χ0v) is 7.60. The molecule has 0 heterocycles. The predicted octanol–water partition coefficient (Wildman–Crippen LogP) is 0.727. The molecule has 0 aliphatic rings. The Morgan fingerprint density at radius 3 is 2.46 bits per heavy atom. The molecule has 1 aromatic rings. The topological polar surface area (TPSA) is 49.7 Å². The predicted molar refractivity (Wildman–Crippen MR) is 49.8 cm³/mol. The van der Waals surface area contributed by atoms with Crippen LogP contribution in [0.15, 0.2) is 24.3 Å². The van der Waals surface area contributed by atoms with Crippen LogP contribution in [0.4, 0.5) is 0 Å². The zero-order chi connectivity index (χ0) is 9.68. The van der Waals surface area contributed by atoms with Gasteiger partial charge in [-0.15, -0.1) is 0 Å². The maximum Gasteiger partial charge on any atom is 0.119 e. The Hall–Kier alpha value is -1.06. The van der Waals surface area contributed by atoms with Crippen molar-refractivity contribution in [2.75, 3.05) is 13.2 Å². The number of aliphatic hydroxyl groups is 2. The van der Waals surface area contributed by atoms with Gasteiger partial charge in [0.25, 0.3) is 0 Å². The van der Waals surface area contributed by atoms with Crippen molar-refractivity contribution >= 4 is 0 Å². The first-order valence-electron chi connectivity index (χ1n) is 4.21. The first-order chi connectivity index (χ1) is 6.22. The molecule has 3 heteroatoms. The van der Waals surface area contributed by atoms with Gasteiger partial charge in [-0.2, -0.15) is 0 Å². The molecular weight excluding hydrogens is 168 g/mol. The second kappa shape index (κ2) is 4.84. The van der Waals surface area contributed by atoms with E-state index in [1.54, 1.807) is 0 Å². The highest BCUT2D eigenvalue weighted by Crippen LogP contribution is 2.11. The van der Waals surface area contributed by atoms with Crippen molar-refractivity contribution in [2.45, 2.75) is 13.0 Å². The Balaban J connectivity index is 2.41. The van der Waals surface area contributed by atoms with Gasteiger partial charge in [0.1, 0.15) is 18.5 Å². The molecule has 1 rings (SSSR count). The molecule has 0 bridgehead atoms. The highest BCUT2D eigenvalue weighted by Gasteiger charge is 2.01. The molecule has 2 N–H and O–H groups in total. The number of hydrogen-bond acceptors (Lipinski definition) is 3. The molecule has 0 spiro atoms. The molecule has 0 amide bonds. The minimum atomic E-state index is -0.804. The second-order valence-electron chi connectivity index (χ2n) is 2.96. The SMILES string of the molecule is Cc1ccc(OCC(O)CO)cc1. The maximum absolute atomic E-state index is 9.00. The number of rotatable bonds is 4. The van der Waals surface area contributed by atoms with E-state index in [0.29, 0.717) is 5.75 Å². The number of aryl methyl sites for hydroxylation is 1. The zero-order valence-electron chi connectivity index (χ0n) is 7.60. The summed E-state index contributed by atoms with van der Waals surface area (Å²) in [7, 11) is 0. The van der Waals surface area contributed by atoms with Gasteiger partial charge >= 0.3 is 0 Å². The Kier molecular flexibility index (Phi) is 3.73. The largest absolute Gasteiger partial charge is 0.491 e. The third-order valence-electron chi connectivity index (χ3n) is 1.67. The Morgan fingerprint density at radius 2 is 1.92 bits per heavy atom. The smallest absolute Gasteiger partial charge is 0.119 e. The lowest BCUT2D eigenvalue weighted by Crippen LogP contribution is -2.21. The van der Waals surface area contributed by atoms with Gasteiger partial charge in [-0.05, 0) is 19.1 Å². The second-order valence-corrected chi connectivity index (χ2v) is 2.96. The van der Waals surface area contributed by atoms with E-state index >= 15 is 0 Å². The lowest BCUT2D eigenvalue weighted by molar-refractivity contribution is 0.0536. The molecule has 1 aromatic carbocycles. The molecule has 0 aromatic heterocycles. The monoisotopic (exact) mass is 182 g/mol. The number of benzene rings is 1. The van der Waals surface area contributed by atoms with Crippen LogP contribution in [0.2, 0.25) is 0 Å². The fourth-order valence-electron chi connectivity index (χ4n) is 0.880. The van der Waals surface area contributed by atoms with Crippen LogP contribution in [0.1, 0.15) is 5.56 Å². The summed E-state index contributed by atoms with van der Waals surface area (Å²) in [5, 5.41) is 17.5. The van der Waals surface area contributed by atoms with Crippen molar-refractivity contribution < 1.29 is 14.9 Å². The quantitative estimate of drug-likeness (QED) is 0.721. The van der Waals surface area contributed by atoms with Gasteiger partial charge in [-0.3, -0.25) is 0 Å². The summed E-state index contributed by atoms with van der Waals surface area (Å²) in [4.78, 5) is 0. The third-order valence-corrected chi connectivity index (χ3v) is 1.67. The fourth-order valence-corrected chi connectivity index (χ4v) is 0.880. The van der Waals surface area contributed by atoms with Gasteiger partial charge in [0.15, 0.2) is 0 Å². The summed E-state index contributed by atoms with van der Waals surface area (Å²) in [6, 6.07) is 7.53. The summed E-state index contributed by atoms with van der Waals surface area (Å²) in [5.74, 6) is 0.707. The molecule has 13 heavy (non-hydrogen) atoms. The van der Waals surface area contributed by atoms with Gasteiger partial charge in [0.05, 0.1) is 6.61 Å². The molecular formula is C10H14O3. The van der Waals surface area contributed by atoms with Crippen molar-refractivity contribution in [1.82, 2.24) is 0 Å². The lowest BCUT2D eigenvalue weighted by atomic mass is 10.2. The highest BCUT2D eigenvalue weighted by atomic mass is 16.5. The molecule has 1 atom stereocenters.